The molecule has 0 radical (unpaired) electrons. The summed E-state index contributed by atoms with van der Waals surface area (Å²) in [7, 11) is 0. The lowest BCUT2D eigenvalue weighted by Gasteiger charge is -2.20. The Hall–Kier alpha value is -3.02. The van der Waals surface area contributed by atoms with Crippen molar-refractivity contribution in [3.05, 3.63) is 48.0 Å². The van der Waals surface area contributed by atoms with Gasteiger partial charge in [-0.1, -0.05) is 6.07 Å². The van der Waals surface area contributed by atoms with Gasteiger partial charge in [-0.25, -0.2) is 0 Å². The largest absolute Gasteiger partial charge is 0.506 e. The standard InChI is InChI=1S/C22H25N3O3/c1-15-4-9-20(26)19(12-15)23-22(28)16-13-21(27)25(14-16)18-7-5-17(6-8-18)24-10-2-3-11-24/h4-9,12,16,26H,2-3,10-11,13-14H2,1H3,(H,23,28). The van der Waals surface area contributed by atoms with Gasteiger partial charge in [0.2, 0.25) is 11.8 Å². The fourth-order valence-corrected chi connectivity index (χ4v) is 3.94. The van der Waals surface area contributed by atoms with Crippen molar-refractivity contribution >= 4 is 28.9 Å². The van der Waals surface area contributed by atoms with E-state index in [0.717, 1.165) is 24.3 Å². The van der Waals surface area contributed by atoms with Gasteiger partial charge in [0.25, 0.3) is 0 Å². The topological polar surface area (TPSA) is 72.9 Å². The minimum atomic E-state index is -0.439. The first kappa shape index (κ1) is 18.3. The van der Waals surface area contributed by atoms with Crippen molar-refractivity contribution < 1.29 is 14.7 Å². The number of hydrogen-bond acceptors (Lipinski definition) is 4. The predicted octanol–water partition coefficient (Wildman–Crippen LogP) is 3.29. The molecule has 28 heavy (non-hydrogen) atoms. The van der Waals surface area contributed by atoms with E-state index in [-0.39, 0.29) is 24.0 Å². The summed E-state index contributed by atoms with van der Waals surface area (Å²) in [4.78, 5) is 29.1. The molecule has 6 nitrogen and oxygen atoms in total. The highest BCUT2D eigenvalue weighted by molar-refractivity contribution is 6.04. The molecule has 0 spiro atoms. The van der Waals surface area contributed by atoms with E-state index in [0.29, 0.717) is 12.2 Å². The van der Waals surface area contributed by atoms with Crippen LogP contribution in [0.15, 0.2) is 42.5 Å². The first-order valence-electron chi connectivity index (χ1n) is 9.77. The molecule has 0 aromatic heterocycles. The number of anilines is 3. The molecule has 4 rings (SSSR count). The molecule has 0 bridgehead atoms. The van der Waals surface area contributed by atoms with Gasteiger partial charge < -0.3 is 20.2 Å². The number of aryl methyl sites for hydroxylation is 1. The van der Waals surface area contributed by atoms with Crippen LogP contribution in [0.1, 0.15) is 24.8 Å². The number of nitrogens with one attached hydrogen (secondary N) is 1. The quantitative estimate of drug-likeness (QED) is 0.800. The Labute approximate surface area is 164 Å². The molecule has 2 N–H and O–H groups in total. The summed E-state index contributed by atoms with van der Waals surface area (Å²) in [6, 6.07) is 13.1. The van der Waals surface area contributed by atoms with E-state index < -0.39 is 5.92 Å². The second kappa shape index (κ2) is 7.54. The van der Waals surface area contributed by atoms with Gasteiger partial charge >= 0.3 is 0 Å². The Bertz CT molecular complexity index is 888. The number of hydrogen-bond donors (Lipinski definition) is 2. The zero-order valence-corrected chi connectivity index (χ0v) is 16.0. The van der Waals surface area contributed by atoms with Crippen molar-refractivity contribution in [2.24, 2.45) is 5.92 Å². The van der Waals surface area contributed by atoms with Crippen molar-refractivity contribution in [1.29, 1.82) is 0 Å². The predicted molar refractivity (Wildman–Crippen MR) is 110 cm³/mol. The third kappa shape index (κ3) is 3.67. The van der Waals surface area contributed by atoms with E-state index >= 15 is 0 Å². The van der Waals surface area contributed by atoms with Crippen LogP contribution in [-0.2, 0) is 9.59 Å². The maximum atomic E-state index is 12.6. The molecule has 2 aromatic carbocycles. The highest BCUT2D eigenvalue weighted by Crippen LogP contribution is 2.30. The summed E-state index contributed by atoms with van der Waals surface area (Å²) < 4.78 is 0. The van der Waals surface area contributed by atoms with Gasteiger partial charge in [-0.3, -0.25) is 9.59 Å². The molecular formula is C22H25N3O3. The third-order valence-electron chi connectivity index (χ3n) is 5.54. The van der Waals surface area contributed by atoms with Crippen molar-refractivity contribution in [3.8, 4) is 5.75 Å². The van der Waals surface area contributed by atoms with Gasteiger partial charge in [-0.05, 0) is 61.7 Å². The lowest BCUT2D eigenvalue weighted by molar-refractivity contribution is -0.122. The van der Waals surface area contributed by atoms with Gasteiger partial charge in [0, 0.05) is 37.4 Å². The highest BCUT2D eigenvalue weighted by atomic mass is 16.3. The highest BCUT2D eigenvalue weighted by Gasteiger charge is 2.35. The van der Waals surface area contributed by atoms with Crippen molar-refractivity contribution in [3.63, 3.8) is 0 Å². The van der Waals surface area contributed by atoms with Gasteiger partial charge in [-0.15, -0.1) is 0 Å². The fraction of sp³-hybridized carbons (Fsp3) is 0.364. The summed E-state index contributed by atoms with van der Waals surface area (Å²) in [5.74, 6) is -0.712. The second-order valence-corrected chi connectivity index (χ2v) is 7.63. The lowest BCUT2D eigenvalue weighted by atomic mass is 10.1. The zero-order chi connectivity index (χ0) is 19.7. The normalized spacial score (nSPS) is 19.3. The molecular weight excluding hydrogens is 354 g/mol. The number of amides is 2. The van der Waals surface area contributed by atoms with Gasteiger partial charge in [0.1, 0.15) is 5.75 Å². The summed E-state index contributed by atoms with van der Waals surface area (Å²) in [5.41, 5.74) is 3.32. The summed E-state index contributed by atoms with van der Waals surface area (Å²) in [5, 5.41) is 12.7. The molecule has 2 heterocycles. The van der Waals surface area contributed by atoms with Crippen LogP contribution in [-0.4, -0.2) is 36.6 Å². The van der Waals surface area contributed by atoms with E-state index in [2.05, 4.69) is 10.2 Å². The number of benzene rings is 2. The average molecular weight is 379 g/mol. The number of phenolic OH excluding ortho intramolecular Hbond substituents is 1. The monoisotopic (exact) mass is 379 g/mol. The number of phenols is 1. The Morgan fingerprint density at radius 3 is 2.46 bits per heavy atom. The van der Waals surface area contributed by atoms with E-state index in [1.807, 2.05) is 31.2 Å². The molecule has 2 fully saturated rings. The Balaban J connectivity index is 1.43. The van der Waals surface area contributed by atoms with Crippen molar-refractivity contribution in [1.82, 2.24) is 0 Å². The van der Waals surface area contributed by atoms with Crippen LogP contribution in [0.3, 0.4) is 0 Å². The first-order chi connectivity index (χ1) is 13.5. The Morgan fingerprint density at radius 2 is 1.75 bits per heavy atom. The molecule has 146 valence electrons. The zero-order valence-electron chi connectivity index (χ0n) is 16.0. The second-order valence-electron chi connectivity index (χ2n) is 7.63. The average Bonchev–Trinajstić information content (AvgIpc) is 3.35. The molecule has 2 amide bonds. The molecule has 2 aliphatic heterocycles. The molecule has 2 saturated heterocycles. The Morgan fingerprint density at radius 1 is 1.07 bits per heavy atom. The first-order valence-corrected chi connectivity index (χ1v) is 9.77. The van der Waals surface area contributed by atoms with Gasteiger partial charge in [0.15, 0.2) is 0 Å². The van der Waals surface area contributed by atoms with Crippen molar-refractivity contribution in [2.75, 3.05) is 34.8 Å². The molecule has 2 aromatic rings. The minimum Gasteiger partial charge on any atom is -0.506 e. The lowest BCUT2D eigenvalue weighted by Crippen LogP contribution is -2.28. The van der Waals surface area contributed by atoms with E-state index in [1.165, 1.54) is 18.5 Å². The molecule has 6 heteroatoms. The molecule has 0 aliphatic carbocycles. The minimum absolute atomic E-state index is 0.0256. The summed E-state index contributed by atoms with van der Waals surface area (Å²) in [6.45, 7) is 4.40. The van der Waals surface area contributed by atoms with Crippen molar-refractivity contribution in [2.45, 2.75) is 26.2 Å². The van der Waals surface area contributed by atoms with Crippen LogP contribution in [0.2, 0.25) is 0 Å². The number of carbonyl (C=O) groups is 2. The smallest absolute Gasteiger partial charge is 0.229 e. The molecule has 0 saturated carbocycles. The van der Waals surface area contributed by atoms with Gasteiger partial charge in [-0.2, -0.15) is 0 Å². The van der Waals surface area contributed by atoms with Crippen LogP contribution in [0.25, 0.3) is 0 Å². The fourth-order valence-electron chi connectivity index (χ4n) is 3.94. The number of rotatable bonds is 4. The number of aromatic hydroxyl groups is 1. The van der Waals surface area contributed by atoms with Crippen LogP contribution in [0.4, 0.5) is 17.1 Å². The maximum absolute atomic E-state index is 12.6. The van der Waals surface area contributed by atoms with Crippen LogP contribution in [0, 0.1) is 12.8 Å². The van der Waals surface area contributed by atoms with E-state index in [4.69, 9.17) is 0 Å². The third-order valence-corrected chi connectivity index (χ3v) is 5.54. The van der Waals surface area contributed by atoms with Crippen LogP contribution >= 0.6 is 0 Å². The van der Waals surface area contributed by atoms with E-state index in [1.54, 1.807) is 23.1 Å². The summed E-state index contributed by atoms with van der Waals surface area (Å²) >= 11 is 0. The molecule has 1 unspecified atom stereocenters. The number of nitrogens with zero attached hydrogens (tertiary/aromatic N) is 2. The summed E-state index contributed by atoms with van der Waals surface area (Å²) in [6.07, 6.45) is 2.62. The Kier molecular flexibility index (Phi) is 4.94. The molecule has 2 aliphatic rings. The molecule has 1 atom stereocenters. The SMILES string of the molecule is Cc1ccc(O)c(NC(=O)C2CC(=O)N(c3ccc(N4CCCC4)cc3)C2)c1. The number of carbonyl (C=O) groups excluding carboxylic acids is 2. The van der Waals surface area contributed by atoms with E-state index in [9.17, 15) is 14.7 Å². The van der Waals surface area contributed by atoms with Crippen LogP contribution < -0.4 is 15.1 Å². The van der Waals surface area contributed by atoms with Crippen LogP contribution in [0.5, 0.6) is 5.75 Å². The van der Waals surface area contributed by atoms with Gasteiger partial charge in [0.05, 0.1) is 11.6 Å². The maximum Gasteiger partial charge on any atom is 0.229 e.